The van der Waals surface area contributed by atoms with Gasteiger partial charge in [-0.2, -0.15) is 0 Å². The lowest BCUT2D eigenvalue weighted by molar-refractivity contribution is 0.0857. The largest absolute Gasteiger partial charge is 0.396 e. The van der Waals surface area contributed by atoms with Crippen LogP contribution in [0.15, 0.2) is 0 Å². The van der Waals surface area contributed by atoms with Gasteiger partial charge in [-0.15, -0.1) is 0 Å². The third kappa shape index (κ3) is 84.5. The first-order valence-electron chi connectivity index (χ1n) is 10.7. The Morgan fingerprint density at radius 3 is 0.724 bits per heavy atom. The Bertz CT molecular complexity index is 273. The number of hydrogen-bond donors (Lipinski definition) is 5. The summed E-state index contributed by atoms with van der Waals surface area (Å²) in [6.45, 7) is 28.6. The zero-order valence-corrected chi connectivity index (χ0v) is 22.3. The van der Waals surface area contributed by atoms with E-state index in [1.807, 2.05) is 34.6 Å². The first-order valence-corrected chi connectivity index (χ1v) is 10.7. The third-order valence-electron chi connectivity index (χ3n) is 2.72. The Hall–Kier alpha value is -0.200. The first kappa shape index (κ1) is 39.3. The molecule has 5 nitrogen and oxygen atoms in total. The van der Waals surface area contributed by atoms with Gasteiger partial charge in [0, 0.05) is 24.7 Å². The molecule has 0 saturated carbocycles. The van der Waals surface area contributed by atoms with Crippen molar-refractivity contribution in [3.8, 4) is 0 Å². The Morgan fingerprint density at radius 1 is 0.552 bits per heavy atom. The van der Waals surface area contributed by atoms with E-state index in [4.69, 9.17) is 25.5 Å². The van der Waals surface area contributed by atoms with Gasteiger partial charge in [0.25, 0.3) is 0 Å². The first-order chi connectivity index (χ1) is 12.5. The van der Waals surface area contributed by atoms with Crippen LogP contribution >= 0.6 is 0 Å². The van der Waals surface area contributed by atoms with Crippen LogP contribution in [0.5, 0.6) is 0 Å². The molecule has 0 aliphatic rings. The van der Waals surface area contributed by atoms with E-state index in [0.717, 1.165) is 6.42 Å². The summed E-state index contributed by atoms with van der Waals surface area (Å²) in [4.78, 5) is 0. The summed E-state index contributed by atoms with van der Waals surface area (Å²) in [5.74, 6) is 0. The van der Waals surface area contributed by atoms with Crippen molar-refractivity contribution in [3.63, 3.8) is 0 Å². The van der Waals surface area contributed by atoms with Crippen molar-refractivity contribution in [1.29, 1.82) is 0 Å². The molecule has 0 rings (SSSR count). The fraction of sp³-hybridized carbons (Fsp3) is 1.00. The fourth-order valence-electron chi connectivity index (χ4n) is 0.162. The Morgan fingerprint density at radius 2 is 0.724 bits per heavy atom. The van der Waals surface area contributed by atoms with Crippen LogP contribution in [-0.4, -0.2) is 58.1 Å². The molecule has 0 aromatic rings. The van der Waals surface area contributed by atoms with Gasteiger partial charge >= 0.3 is 0 Å². The molecule has 0 aliphatic carbocycles. The molecular formula is C24H58O5. The average molecular weight is 427 g/mol. The van der Waals surface area contributed by atoms with E-state index in [0.29, 0.717) is 12.0 Å². The Labute approximate surface area is 183 Å². The zero-order valence-electron chi connectivity index (χ0n) is 22.3. The van der Waals surface area contributed by atoms with E-state index in [2.05, 4.69) is 34.6 Å². The van der Waals surface area contributed by atoms with Crippen molar-refractivity contribution >= 4 is 0 Å². The molecule has 0 radical (unpaired) electrons. The minimum absolute atomic E-state index is 0.0451. The minimum atomic E-state index is -0.306. The van der Waals surface area contributed by atoms with Crippen LogP contribution in [0.2, 0.25) is 0 Å². The Balaban J connectivity index is -0.0000000840. The normalized spacial score (nSPS) is 11.6. The van der Waals surface area contributed by atoms with Gasteiger partial charge in [-0.25, -0.2) is 0 Å². The van der Waals surface area contributed by atoms with Gasteiger partial charge in [-0.05, 0) is 36.5 Å². The molecule has 5 N–H and O–H groups in total. The summed E-state index contributed by atoms with van der Waals surface area (Å²) in [6.07, 6.45) is 0.878. The number of aliphatic hydroxyl groups is 5. The smallest absolute Gasteiger partial charge is 0.0504 e. The molecular weight excluding hydrogens is 368 g/mol. The summed E-state index contributed by atoms with van der Waals surface area (Å²) in [5.41, 5.74) is 0.431. The molecule has 5 heteroatoms. The molecule has 0 aromatic heterocycles. The third-order valence-corrected chi connectivity index (χ3v) is 2.72. The molecule has 0 aliphatic heterocycles. The Kier molecular flexibility index (Phi) is 26.8. The second-order valence-electron chi connectivity index (χ2n) is 12.0. The van der Waals surface area contributed by atoms with Crippen molar-refractivity contribution < 1.29 is 25.5 Å². The average Bonchev–Trinajstić information content (AvgIpc) is 2.53. The highest BCUT2D eigenvalue weighted by Gasteiger charge is 2.13. The maximum absolute atomic E-state index is 8.59. The monoisotopic (exact) mass is 426 g/mol. The standard InChI is InChI=1S/C6H14O.C5H12O2.C5H12O.C5H12.C3H8O/c1-4-6(2,3)5-7;1-5(2,3-6)4-7;1-5(2,3)4-6;1-5(2,3)4;1-3(2)4/h7H,4-5H2,1-3H3;6-7H,3-4H2,1-2H3;6H,4H2,1-3H3;1-4H3;3-4H,1-2H3. The molecule has 0 saturated heterocycles. The second kappa shape index (κ2) is 19.7. The number of hydrogen-bond acceptors (Lipinski definition) is 5. The highest BCUT2D eigenvalue weighted by Crippen LogP contribution is 2.16. The van der Waals surface area contributed by atoms with Crippen molar-refractivity contribution in [2.24, 2.45) is 21.7 Å². The summed E-state index contributed by atoms with van der Waals surface area (Å²) >= 11 is 0. The van der Waals surface area contributed by atoms with E-state index in [-0.39, 0.29) is 42.2 Å². The van der Waals surface area contributed by atoms with Gasteiger partial charge in [0.15, 0.2) is 0 Å². The van der Waals surface area contributed by atoms with Gasteiger partial charge in [0.2, 0.25) is 0 Å². The van der Waals surface area contributed by atoms with E-state index in [1.54, 1.807) is 27.7 Å². The van der Waals surface area contributed by atoms with Gasteiger partial charge in [-0.3, -0.25) is 0 Å². The molecule has 0 spiro atoms. The maximum Gasteiger partial charge on any atom is 0.0504 e. The molecule has 0 unspecified atom stereocenters. The van der Waals surface area contributed by atoms with Gasteiger partial charge in [0.1, 0.15) is 0 Å². The summed E-state index contributed by atoms with van der Waals surface area (Å²) < 4.78 is 0. The highest BCUT2D eigenvalue weighted by molar-refractivity contribution is 4.63. The SMILES string of the molecule is CC(C)(C)C.CC(C)(C)CO.CC(C)(CO)CO.CC(C)O.CCC(C)(C)CO. The van der Waals surface area contributed by atoms with Gasteiger partial charge < -0.3 is 25.5 Å². The summed E-state index contributed by atoms with van der Waals surface area (Å²) in [7, 11) is 0. The molecule has 29 heavy (non-hydrogen) atoms. The number of aliphatic hydroxyl groups excluding tert-OH is 5. The fourth-order valence-corrected chi connectivity index (χ4v) is 0.162. The maximum atomic E-state index is 8.59. The lowest BCUT2D eigenvalue weighted by atomic mass is 9.92. The van der Waals surface area contributed by atoms with Crippen LogP contribution < -0.4 is 0 Å². The van der Waals surface area contributed by atoms with Crippen LogP contribution in [0, 0.1) is 21.7 Å². The predicted molar refractivity (Wildman–Crippen MR) is 128 cm³/mol. The van der Waals surface area contributed by atoms with E-state index in [1.165, 1.54) is 0 Å². The lowest BCUT2D eigenvalue weighted by Gasteiger charge is -2.17. The van der Waals surface area contributed by atoms with E-state index in [9.17, 15) is 0 Å². The predicted octanol–water partition coefficient (Wildman–Crippen LogP) is 4.88. The van der Waals surface area contributed by atoms with Crippen LogP contribution in [0.25, 0.3) is 0 Å². The lowest BCUT2D eigenvalue weighted by Crippen LogP contribution is -2.20. The zero-order chi connectivity index (χ0) is 25.1. The quantitative estimate of drug-likeness (QED) is 0.441. The van der Waals surface area contributed by atoms with Crippen LogP contribution in [0.1, 0.15) is 103 Å². The molecule has 0 amide bonds. The highest BCUT2D eigenvalue weighted by atomic mass is 16.3. The van der Waals surface area contributed by atoms with Crippen LogP contribution in [0.4, 0.5) is 0 Å². The van der Waals surface area contributed by atoms with Gasteiger partial charge in [-0.1, -0.05) is 83.1 Å². The van der Waals surface area contributed by atoms with Crippen LogP contribution in [0.3, 0.4) is 0 Å². The topological polar surface area (TPSA) is 101 Å². The number of rotatable bonds is 4. The van der Waals surface area contributed by atoms with Crippen LogP contribution in [-0.2, 0) is 0 Å². The molecule has 0 fully saturated rings. The van der Waals surface area contributed by atoms with Crippen molar-refractivity contribution in [2.45, 2.75) is 109 Å². The van der Waals surface area contributed by atoms with Gasteiger partial charge in [0.05, 0.1) is 13.2 Å². The van der Waals surface area contributed by atoms with E-state index >= 15 is 0 Å². The molecule has 0 aromatic carbocycles. The van der Waals surface area contributed by atoms with Crippen molar-refractivity contribution in [3.05, 3.63) is 0 Å². The molecule has 0 atom stereocenters. The van der Waals surface area contributed by atoms with E-state index < -0.39 is 0 Å². The molecule has 0 heterocycles. The minimum Gasteiger partial charge on any atom is -0.396 e. The van der Waals surface area contributed by atoms with Crippen molar-refractivity contribution in [1.82, 2.24) is 0 Å². The summed E-state index contributed by atoms with van der Waals surface area (Å²) in [5, 5.41) is 41.9. The van der Waals surface area contributed by atoms with Crippen molar-refractivity contribution in [2.75, 3.05) is 26.4 Å². The second-order valence-corrected chi connectivity index (χ2v) is 12.0. The summed E-state index contributed by atoms with van der Waals surface area (Å²) in [6, 6.07) is 0. The molecule has 184 valence electrons. The molecule has 0 bridgehead atoms.